The lowest BCUT2D eigenvalue weighted by Gasteiger charge is -2.17. The van der Waals surface area contributed by atoms with Crippen LogP contribution in [0.2, 0.25) is 0 Å². The van der Waals surface area contributed by atoms with E-state index in [1.807, 2.05) is 0 Å². The molecule has 0 saturated heterocycles. The lowest BCUT2D eigenvalue weighted by Crippen LogP contribution is -2.34. The molecule has 1 atom stereocenters. The van der Waals surface area contributed by atoms with E-state index < -0.39 is 22.0 Å². The third-order valence-corrected chi connectivity index (χ3v) is 5.40. The van der Waals surface area contributed by atoms with Crippen LogP contribution in [0, 0.1) is 0 Å². The van der Waals surface area contributed by atoms with Crippen LogP contribution in [-0.2, 0) is 19.6 Å². The van der Waals surface area contributed by atoms with E-state index in [4.69, 9.17) is 4.74 Å². The molecular weight excluding hydrogens is 370 g/mol. The van der Waals surface area contributed by atoms with E-state index in [1.165, 1.54) is 13.2 Å². The standard InChI is InChI=1S/C15H14BrNO4S/c1-21-15(18)14(11-7-3-2-4-8-11)17-22(19,20)13-10-6-5-9-12(13)16/h2-10,14,17H,1H3. The minimum absolute atomic E-state index is 0.0554. The van der Waals surface area contributed by atoms with Crippen molar-refractivity contribution in [3.05, 3.63) is 64.6 Å². The number of ether oxygens (including phenoxy) is 1. The maximum atomic E-state index is 12.5. The Bertz CT molecular complexity index is 762. The van der Waals surface area contributed by atoms with Crippen LogP contribution in [0.4, 0.5) is 0 Å². The Morgan fingerprint density at radius 2 is 1.68 bits per heavy atom. The maximum Gasteiger partial charge on any atom is 0.328 e. The molecule has 1 unspecified atom stereocenters. The van der Waals surface area contributed by atoms with Crippen LogP contribution in [0.25, 0.3) is 0 Å². The summed E-state index contributed by atoms with van der Waals surface area (Å²) in [5.74, 6) is -0.679. The molecule has 2 aromatic rings. The van der Waals surface area contributed by atoms with Crippen LogP contribution in [0.3, 0.4) is 0 Å². The smallest absolute Gasteiger partial charge is 0.328 e. The Labute approximate surface area is 137 Å². The average Bonchev–Trinajstić information content (AvgIpc) is 2.53. The molecule has 0 amide bonds. The fraction of sp³-hybridized carbons (Fsp3) is 0.133. The molecule has 0 saturated carbocycles. The minimum Gasteiger partial charge on any atom is -0.468 e. The molecule has 0 fully saturated rings. The number of carbonyl (C=O) groups excluding carboxylic acids is 1. The highest BCUT2D eigenvalue weighted by Gasteiger charge is 2.28. The summed E-state index contributed by atoms with van der Waals surface area (Å²) in [4.78, 5) is 12.0. The van der Waals surface area contributed by atoms with Crippen LogP contribution in [0.5, 0.6) is 0 Å². The highest BCUT2D eigenvalue weighted by molar-refractivity contribution is 9.10. The Balaban J connectivity index is 2.39. The molecule has 0 aromatic heterocycles. The van der Waals surface area contributed by atoms with E-state index in [1.54, 1.807) is 48.5 Å². The number of rotatable bonds is 5. The number of hydrogen-bond donors (Lipinski definition) is 1. The number of benzene rings is 2. The van der Waals surface area contributed by atoms with E-state index in [2.05, 4.69) is 20.7 Å². The molecule has 5 nitrogen and oxygen atoms in total. The highest BCUT2D eigenvalue weighted by atomic mass is 79.9. The molecule has 2 rings (SSSR count). The third kappa shape index (κ3) is 3.73. The molecule has 7 heteroatoms. The average molecular weight is 384 g/mol. The highest BCUT2D eigenvalue weighted by Crippen LogP contribution is 2.24. The number of carbonyl (C=O) groups is 1. The van der Waals surface area contributed by atoms with Gasteiger partial charge >= 0.3 is 5.97 Å². The van der Waals surface area contributed by atoms with Gasteiger partial charge in [-0.2, -0.15) is 4.72 Å². The maximum absolute atomic E-state index is 12.5. The van der Waals surface area contributed by atoms with Gasteiger partial charge in [-0.25, -0.2) is 13.2 Å². The normalized spacial score (nSPS) is 12.6. The first-order valence-electron chi connectivity index (χ1n) is 6.35. The van der Waals surface area contributed by atoms with Crippen LogP contribution in [0.15, 0.2) is 64.0 Å². The SMILES string of the molecule is COC(=O)C(NS(=O)(=O)c1ccccc1Br)c1ccccc1. The van der Waals surface area contributed by atoms with E-state index >= 15 is 0 Å². The molecule has 2 aromatic carbocycles. The second kappa shape index (κ2) is 7.04. The van der Waals surface area contributed by atoms with E-state index in [0.717, 1.165) is 0 Å². The fourth-order valence-corrected chi connectivity index (χ4v) is 4.07. The van der Waals surface area contributed by atoms with E-state index in [9.17, 15) is 13.2 Å². The van der Waals surface area contributed by atoms with Crippen molar-refractivity contribution in [1.82, 2.24) is 4.72 Å². The molecule has 0 heterocycles. The third-order valence-electron chi connectivity index (χ3n) is 2.97. The van der Waals surface area contributed by atoms with Crippen molar-refractivity contribution >= 4 is 31.9 Å². The van der Waals surface area contributed by atoms with Crippen LogP contribution >= 0.6 is 15.9 Å². The van der Waals surface area contributed by atoms with Crippen molar-refractivity contribution in [3.63, 3.8) is 0 Å². The monoisotopic (exact) mass is 383 g/mol. The molecule has 116 valence electrons. The zero-order valence-corrected chi connectivity index (χ0v) is 14.1. The summed E-state index contributed by atoms with van der Waals surface area (Å²) in [6.07, 6.45) is 0. The summed E-state index contributed by atoms with van der Waals surface area (Å²) < 4.78 is 32.5. The van der Waals surface area contributed by atoms with Crippen molar-refractivity contribution in [2.75, 3.05) is 7.11 Å². The second-order valence-corrected chi connectivity index (χ2v) is 6.96. The Morgan fingerprint density at radius 1 is 1.09 bits per heavy atom. The van der Waals surface area contributed by atoms with Crippen molar-refractivity contribution < 1.29 is 17.9 Å². The number of sulfonamides is 1. The zero-order valence-electron chi connectivity index (χ0n) is 11.7. The summed E-state index contributed by atoms with van der Waals surface area (Å²) >= 11 is 3.20. The minimum atomic E-state index is -3.89. The number of esters is 1. The summed E-state index contributed by atoms with van der Waals surface area (Å²) in [6, 6.07) is 13.8. The first kappa shape index (κ1) is 16.7. The molecule has 22 heavy (non-hydrogen) atoms. The first-order valence-corrected chi connectivity index (χ1v) is 8.63. The largest absolute Gasteiger partial charge is 0.468 e. The van der Waals surface area contributed by atoms with Gasteiger partial charge in [-0.05, 0) is 33.6 Å². The summed E-state index contributed by atoms with van der Waals surface area (Å²) in [5.41, 5.74) is 0.505. The van der Waals surface area contributed by atoms with Gasteiger partial charge in [0.15, 0.2) is 0 Å². The van der Waals surface area contributed by atoms with Crippen LogP contribution in [0.1, 0.15) is 11.6 Å². The Kier molecular flexibility index (Phi) is 5.33. The molecule has 0 spiro atoms. The Hall–Kier alpha value is -1.70. The van der Waals surface area contributed by atoms with Gasteiger partial charge in [0.25, 0.3) is 0 Å². The van der Waals surface area contributed by atoms with Gasteiger partial charge < -0.3 is 4.74 Å². The molecular formula is C15H14BrNO4S. The molecule has 0 aliphatic heterocycles. The van der Waals surface area contributed by atoms with Gasteiger partial charge in [-0.1, -0.05) is 42.5 Å². The van der Waals surface area contributed by atoms with Gasteiger partial charge in [0.2, 0.25) is 10.0 Å². The van der Waals surface area contributed by atoms with Crippen molar-refractivity contribution in [3.8, 4) is 0 Å². The topological polar surface area (TPSA) is 72.5 Å². The van der Waals surface area contributed by atoms with E-state index in [-0.39, 0.29) is 4.90 Å². The second-order valence-electron chi connectivity index (χ2n) is 4.42. The number of methoxy groups -OCH3 is 1. The lowest BCUT2D eigenvalue weighted by molar-refractivity contribution is -0.142. The molecule has 0 radical (unpaired) electrons. The van der Waals surface area contributed by atoms with Crippen LogP contribution < -0.4 is 4.72 Å². The molecule has 0 aliphatic carbocycles. The first-order chi connectivity index (χ1) is 10.5. The molecule has 0 bridgehead atoms. The molecule has 1 N–H and O–H groups in total. The van der Waals surface area contributed by atoms with Crippen LogP contribution in [-0.4, -0.2) is 21.5 Å². The van der Waals surface area contributed by atoms with Gasteiger partial charge in [0, 0.05) is 4.47 Å². The molecule has 0 aliphatic rings. The number of halogens is 1. The van der Waals surface area contributed by atoms with Gasteiger partial charge in [-0.15, -0.1) is 0 Å². The predicted molar refractivity (Wildman–Crippen MR) is 85.7 cm³/mol. The summed E-state index contributed by atoms with van der Waals surface area (Å²) in [6.45, 7) is 0. The Morgan fingerprint density at radius 3 is 2.27 bits per heavy atom. The zero-order chi connectivity index (χ0) is 16.2. The van der Waals surface area contributed by atoms with E-state index in [0.29, 0.717) is 10.0 Å². The van der Waals surface area contributed by atoms with Crippen molar-refractivity contribution in [1.29, 1.82) is 0 Å². The van der Waals surface area contributed by atoms with Crippen molar-refractivity contribution in [2.45, 2.75) is 10.9 Å². The van der Waals surface area contributed by atoms with Gasteiger partial charge in [0.05, 0.1) is 12.0 Å². The summed E-state index contributed by atoms with van der Waals surface area (Å²) in [5, 5.41) is 0. The quantitative estimate of drug-likeness (QED) is 0.805. The van der Waals surface area contributed by atoms with Gasteiger partial charge in [-0.3, -0.25) is 0 Å². The fourth-order valence-electron chi connectivity index (χ4n) is 1.90. The summed E-state index contributed by atoms with van der Waals surface area (Å²) in [7, 11) is -2.68. The van der Waals surface area contributed by atoms with Gasteiger partial charge in [0.1, 0.15) is 6.04 Å². The number of nitrogens with one attached hydrogen (secondary N) is 1. The lowest BCUT2D eigenvalue weighted by atomic mass is 10.1. The number of hydrogen-bond acceptors (Lipinski definition) is 4. The predicted octanol–water partition coefficient (Wildman–Crippen LogP) is 2.64. The van der Waals surface area contributed by atoms with Crippen molar-refractivity contribution in [2.24, 2.45) is 0 Å².